The van der Waals surface area contributed by atoms with Gasteiger partial charge in [-0.25, -0.2) is 9.18 Å². The number of ether oxygens (including phenoxy) is 1. The van der Waals surface area contributed by atoms with Gasteiger partial charge in [0.2, 0.25) is 0 Å². The number of halogens is 1. The van der Waals surface area contributed by atoms with E-state index < -0.39 is 17.4 Å². The van der Waals surface area contributed by atoms with Gasteiger partial charge in [0.05, 0.1) is 6.61 Å². The number of alkyl halides is 1. The molecule has 0 aromatic rings. The van der Waals surface area contributed by atoms with Crippen LogP contribution in [-0.2, 0) is 14.3 Å². The van der Waals surface area contributed by atoms with Gasteiger partial charge in [0.1, 0.15) is 0 Å². The third-order valence-electron chi connectivity index (χ3n) is 2.47. The fourth-order valence-electron chi connectivity index (χ4n) is 1.63. The molecular formula is C10H15FO3. The van der Waals surface area contributed by atoms with Crippen LogP contribution in [0, 0.1) is 0 Å². The Kier molecular flexibility index (Phi) is 3.61. The van der Waals surface area contributed by atoms with E-state index in [-0.39, 0.29) is 19.4 Å². The smallest absolute Gasteiger partial charge is 0.351 e. The minimum Gasteiger partial charge on any atom is -0.463 e. The van der Waals surface area contributed by atoms with E-state index in [4.69, 9.17) is 0 Å². The highest BCUT2D eigenvalue weighted by atomic mass is 19.1. The highest BCUT2D eigenvalue weighted by molar-refractivity contribution is 6.07. The van der Waals surface area contributed by atoms with E-state index in [1.165, 1.54) is 0 Å². The quantitative estimate of drug-likeness (QED) is 0.389. The van der Waals surface area contributed by atoms with Crippen molar-refractivity contribution in [1.82, 2.24) is 0 Å². The molecule has 3 nitrogen and oxygen atoms in total. The second-order valence-corrected chi connectivity index (χ2v) is 3.51. The molecule has 1 aliphatic carbocycles. The van der Waals surface area contributed by atoms with Gasteiger partial charge in [-0.2, -0.15) is 0 Å². The molecule has 80 valence electrons. The van der Waals surface area contributed by atoms with Crippen molar-refractivity contribution in [3.8, 4) is 0 Å². The average Bonchev–Trinajstić information content (AvgIpc) is 2.31. The van der Waals surface area contributed by atoms with Gasteiger partial charge in [-0.1, -0.05) is 6.42 Å². The van der Waals surface area contributed by atoms with Gasteiger partial charge >= 0.3 is 5.97 Å². The maximum absolute atomic E-state index is 14.0. The Balaban J connectivity index is 2.76. The molecule has 14 heavy (non-hydrogen) atoms. The largest absolute Gasteiger partial charge is 0.463 e. The number of esters is 1. The lowest BCUT2D eigenvalue weighted by Gasteiger charge is -2.19. The lowest BCUT2D eigenvalue weighted by Crippen LogP contribution is -2.42. The molecule has 1 aliphatic rings. The molecular weight excluding hydrogens is 187 g/mol. The van der Waals surface area contributed by atoms with Gasteiger partial charge in [0.25, 0.3) is 5.67 Å². The fourth-order valence-corrected chi connectivity index (χ4v) is 1.63. The van der Waals surface area contributed by atoms with E-state index >= 15 is 0 Å². The van der Waals surface area contributed by atoms with Crippen LogP contribution in [-0.4, -0.2) is 24.0 Å². The number of hydrogen-bond donors (Lipinski definition) is 0. The Morgan fingerprint density at radius 2 is 2.21 bits per heavy atom. The Labute approximate surface area is 82.6 Å². The maximum Gasteiger partial charge on any atom is 0.351 e. The number of hydrogen-bond acceptors (Lipinski definition) is 3. The summed E-state index contributed by atoms with van der Waals surface area (Å²) in [5.41, 5.74) is -2.37. The molecule has 0 spiro atoms. The molecule has 0 bridgehead atoms. The van der Waals surface area contributed by atoms with Gasteiger partial charge < -0.3 is 4.74 Å². The lowest BCUT2D eigenvalue weighted by molar-refractivity contribution is -0.162. The van der Waals surface area contributed by atoms with Crippen molar-refractivity contribution in [3.05, 3.63) is 0 Å². The molecule has 1 saturated carbocycles. The zero-order valence-electron chi connectivity index (χ0n) is 8.35. The predicted molar refractivity (Wildman–Crippen MR) is 48.6 cm³/mol. The Morgan fingerprint density at radius 3 is 2.86 bits per heavy atom. The second-order valence-electron chi connectivity index (χ2n) is 3.51. The Bertz CT molecular complexity index is 240. The number of rotatable bonds is 2. The number of carbonyl (C=O) groups excluding carboxylic acids is 2. The summed E-state index contributed by atoms with van der Waals surface area (Å²) in [6.45, 7) is 1.71. The summed E-state index contributed by atoms with van der Waals surface area (Å²) in [4.78, 5) is 22.6. The van der Waals surface area contributed by atoms with Crippen LogP contribution >= 0.6 is 0 Å². The van der Waals surface area contributed by atoms with Crippen LogP contribution in [0.5, 0.6) is 0 Å². The van der Waals surface area contributed by atoms with E-state index in [1.54, 1.807) is 6.92 Å². The van der Waals surface area contributed by atoms with Crippen LogP contribution in [0.3, 0.4) is 0 Å². The first-order valence-electron chi connectivity index (χ1n) is 5.00. The third kappa shape index (κ3) is 2.11. The van der Waals surface area contributed by atoms with Crippen molar-refractivity contribution >= 4 is 11.8 Å². The van der Waals surface area contributed by atoms with E-state index in [0.29, 0.717) is 12.8 Å². The van der Waals surface area contributed by atoms with Gasteiger partial charge in [-0.05, 0) is 26.2 Å². The molecule has 0 saturated heterocycles. The molecule has 0 aromatic heterocycles. The lowest BCUT2D eigenvalue weighted by atomic mass is 9.95. The first kappa shape index (κ1) is 11.1. The first-order valence-corrected chi connectivity index (χ1v) is 5.00. The number of Topliss-reactive ketones (excluding diaryl/α,β-unsaturated/α-hetero) is 1. The van der Waals surface area contributed by atoms with Crippen molar-refractivity contribution in [1.29, 1.82) is 0 Å². The molecule has 0 aromatic carbocycles. The standard InChI is InChI=1S/C10H15FO3/c1-2-14-9(13)10(11)7-5-3-4-6-8(10)12/h2-7H2,1H3. The van der Waals surface area contributed by atoms with Gasteiger partial charge in [0.15, 0.2) is 5.78 Å². The van der Waals surface area contributed by atoms with Crippen molar-refractivity contribution in [3.63, 3.8) is 0 Å². The predicted octanol–water partition coefficient (Wildman–Crippen LogP) is 1.79. The molecule has 0 aliphatic heterocycles. The minimum atomic E-state index is -2.37. The van der Waals surface area contributed by atoms with Gasteiger partial charge in [-0.15, -0.1) is 0 Å². The molecule has 1 atom stereocenters. The highest BCUT2D eigenvalue weighted by Gasteiger charge is 2.47. The second kappa shape index (κ2) is 4.53. The summed E-state index contributed by atoms with van der Waals surface area (Å²) in [5, 5.41) is 0. The summed E-state index contributed by atoms with van der Waals surface area (Å²) >= 11 is 0. The molecule has 0 N–H and O–H groups in total. The Morgan fingerprint density at radius 1 is 1.50 bits per heavy atom. The average molecular weight is 202 g/mol. The monoisotopic (exact) mass is 202 g/mol. The van der Waals surface area contributed by atoms with Crippen LogP contribution in [0.1, 0.15) is 39.0 Å². The van der Waals surface area contributed by atoms with E-state index in [2.05, 4.69) is 4.74 Å². The molecule has 4 heteroatoms. The van der Waals surface area contributed by atoms with Crippen LogP contribution in [0.2, 0.25) is 0 Å². The van der Waals surface area contributed by atoms with Crippen LogP contribution < -0.4 is 0 Å². The molecule has 1 unspecified atom stereocenters. The zero-order chi connectivity index (χ0) is 10.6. The summed E-state index contributed by atoms with van der Waals surface area (Å²) < 4.78 is 18.6. The molecule has 1 rings (SSSR count). The number of ketones is 1. The summed E-state index contributed by atoms with van der Waals surface area (Å²) in [6, 6.07) is 0. The molecule has 1 fully saturated rings. The van der Waals surface area contributed by atoms with Gasteiger partial charge in [-0.3, -0.25) is 4.79 Å². The maximum atomic E-state index is 14.0. The van der Waals surface area contributed by atoms with Crippen molar-refractivity contribution in [2.45, 2.75) is 44.7 Å². The summed E-state index contributed by atoms with van der Waals surface area (Å²) in [6.07, 6.45) is 2.17. The summed E-state index contributed by atoms with van der Waals surface area (Å²) in [5.74, 6) is -1.62. The Hall–Kier alpha value is -0.930. The first-order chi connectivity index (χ1) is 6.61. The minimum absolute atomic E-state index is 0.0231. The van der Waals surface area contributed by atoms with Crippen LogP contribution in [0.15, 0.2) is 0 Å². The zero-order valence-corrected chi connectivity index (χ0v) is 8.35. The normalized spacial score (nSPS) is 28.3. The molecule has 0 radical (unpaired) electrons. The fraction of sp³-hybridized carbons (Fsp3) is 0.800. The van der Waals surface area contributed by atoms with E-state index in [0.717, 1.165) is 6.42 Å². The van der Waals surface area contributed by atoms with E-state index in [9.17, 15) is 14.0 Å². The van der Waals surface area contributed by atoms with E-state index in [1.807, 2.05) is 0 Å². The third-order valence-corrected chi connectivity index (χ3v) is 2.47. The van der Waals surface area contributed by atoms with Crippen LogP contribution in [0.4, 0.5) is 4.39 Å². The SMILES string of the molecule is CCOC(=O)C1(F)CCCCCC1=O. The van der Waals surface area contributed by atoms with Crippen LogP contribution in [0.25, 0.3) is 0 Å². The van der Waals surface area contributed by atoms with Gasteiger partial charge in [0, 0.05) is 6.42 Å². The van der Waals surface area contributed by atoms with Crippen molar-refractivity contribution in [2.24, 2.45) is 0 Å². The summed E-state index contributed by atoms with van der Waals surface area (Å²) in [7, 11) is 0. The highest BCUT2D eigenvalue weighted by Crippen LogP contribution is 2.29. The van der Waals surface area contributed by atoms with Crippen molar-refractivity contribution < 1.29 is 18.7 Å². The molecule has 0 amide bonds. The number of carbonyl (C=O) groups is 2. The molecule has 0 heterocycles. The van der Waals surface area contributed by atoms with Crippen molar-refractivity contribution in [2.75, 3.05) is 6.61 Å². The topological polar surface area (TPSA) is 43.4 Å².